The highest BCUT2D eigenvalue weighted by molar-refractivity contribution is 5.94. The van der Waals surface area contributed by atoms with Crippen LogP contribution < -0.4 is 4.90 Å². The number of nitrogens with zero attached hydrogens (tertiary/aromatic N) is 1. The van der Waals surface area contributed by atoms with Gasteiger partial charge in [-0.15, -0.1) is 0 Å². The smallest absolute Gasteiger partial charge is 0.315 e. The van der Waals surface area contributed by atoms with Crippen LogP contribution in [-0.4, -0.2) is 18.1 Å². The highest BCUT2D eigenvalue weighted by atomic mass is 16.4. The quantitative estimate of drug-likeness (QED) is 0.748. The first-order valence-corrected chi connectivity index (χ1v) is 7.92. The average molecular weight is 315 g/mol. The van der Waals surface area contributed by atoms with Gasteiger partial charge in [-0.1, -0.05) is 60.7 Å². The summed E-state index contributed by atoms with van der Waals surface area (Å²) in [7, 11) is 1.99. The molecule has 0 aliphatic carbocycles. The van der Waals surface area contributed by atoms with Gasteiger partial charge in [0.05, 0.1) is 0 Å². The van der Waals surface area contributed by atoms with E-state index in [1.165, 1.54) is 0 Å². The fourth-order valence-electron chi connectivity index (χ4n) is 3.60. The third-order valence-electron chi connectivity index (χ3n) is 4.67. The predicted octanol–water partition coefficient (Wildman–Crippen LogP) is 4.65. The van der Waals surface area contributed by atoms with Crippen molar-refractivity contribution >= 4 is 17.3 Å². The Morgan fingerprint density at radius 1 is 0.875 bits per heavy atom. The molecule has 0 spiro atoms. The van der Waals surface area contributed by atoms with Gasteiger partial charge < -0.3 is 10.0 Å². The molecule has 4 rings (SSSR count). The molecule has 1 aliphatic rings. The lowest BCUT2D eigenvalue weighted by atomic mass is 9.81. The third-order valence-corrected chi connectivity index (χ3v) is 4.67. The number of carboxylic acids is 1. The van der Waals surface area contributed by atoms with Gasteiger partial charge in [0.1, 0.15) is 5.92 Å². The van der Waals surface area contributed by atoms with Crippen LogP contribution in [0.2, 0.25) is 0 Å². The number of benzene rings is 3. The van der Waals surface area contributed by atoms with Crippen LogP contribution in [0.1, 0.15) is 17.0 Å². The molecule has 1 aliphatic heterocycles. The van der Waals surface area contributed by atoms with Crippen molar-refractivity contribution in [2.45, 2.75) is 5.92 Å². The minimum atomic E-state index is -0.819. The van der Waals surface area contributed by atoms with Crippen molar-refractivity contribution in [2.75, 3.05) is 11.9 Å². The molecule has 1 heterocycles. The van der Waals surface area contributed by atoms with Crippen LogP contribution in [0.25, 0.3) is 11.1 Å². The van der Waals surface area contributed by atoms with Crippen molar-refractivity contribution in [3.63, 3.8) is 0 Å². The number of aliphatic carboxylic acids is 1. The number of fused-ring (bicyclic) bond motifs is 2. The van der Waals surface area contributed by atoms with Gasteiger partial charge in [-0.3, -0.25) is 4.79 Å². The fourth-order valence-corrected chi connectivity index (χ4v) is 3.60. The summed E-state index contributed by atoms with van der Waals surface area (Å²) in [4.78, 5) is 14.2. The monoisotopic (exact) mass is 315 g/mol. The van der Waals surface area contributed by atoms with E-state index in [-0.39, 0.29) is 0 Å². The van der Waals surface area contributed by atoms with E-state index >= 15 is 0 Å². The molecule has 3 heteroatoms. The van der Waals surface area contributed by atoms with Crippen molar-refractivity contribution in [3.8, 4) is 11.1 Å². The summed E-state index contributed by atoms with van der Waals surface area (Å²) >= 11 is 0. The van der Waals surface area contributed by atoms with Crippen LogP contribution in [0.15, 0.2) is 72.8 Å². The maximum absolute atomic E-state index is 12.2. The zero-order valence-electron chi connectivity index (χ0n) is 13.3. The Morgan fingerprint density at radius 2 is 1.54 bits per heavy atom. The Balaban J connectivity index is 2.03. The highest BCUT2D eigenvalue weighted by Crippen LogP contribution is 2.48. The second-order valence-corrected chi connectivity index (χ2v) is 5.99. The van der Waals surface area contributed by atoms with Crippen LogP contribution in [0.4, 0.5) is 11.4 Å². The summed E-state index contributed by atoms with van der Waals surface area (Å²) in [5.74, 6) is -1.48. The maximum Gasteiger partial charge on any atom is 0.315 e. The molecule has 0 amide bonds. The van der Waals surface area contributed by atoms with E-state index in [1.807, 2.05) is 79.8 Å². The Labute approximate surface area is 140 Å². The first-order valence-electron chi connectivity index (χ1n) is 7.92. The lowest BCUT2D eigenvalue weighted by Gasteiger charge is -2.35. The van der Waals surface area contributed by atoms with E-state index in [4.69, 9.17) is 0 Å². The standard InChI is InChI=1S/C21H17NO2/c1-22-17-12-6-5-10-16(17)20(21(23)24)19-15(11-7-13-18(19)22)14-8-3-2-4-9-14/h2-13,20H,1H3,(H,23,24). The third kappa shape index (κ3) is 2.09. The molecule has 1 N–H and O–H groups in total. The lowest BCUT2D eigenvalue weighted by molar-refractivity contribution is -0.137. The van der Waals surface area contributed by atoms with Gasteiger partial charge in [0, 0.05) is 24.0 Å². The van der Waals surface area contributed by atoms with E-state index < -0.39 is 11.9 Å². The molecule has 0 radical (unpaired) electrons. The summed E-state index contributed by atoms with van der Waals surface area (Å²) in [5, 5.41) is 9.97. The Kier molecular flexibility index (Phi) is 3.35. The number of hydrogen-bond acceptors (Lipinski definition) is 2. The molecule has 0 aromatic heterocycles. The fraction of sp³-hybridized carbons (Fsp3) is 0.0952. The molecule has 0 fully saturated rings. The highest BCUT2D eigenvalue weighted by Gasteiger charge is 2.35. The van der Waals surface area contributed by atoms with Crippen molar-refractivity contribution in [1.29, 1.82) is 0 Å². The van der Waals surface area contributed by atoms with Crippen molar-refractivity contribution in [2.24, 2.45) is 0 Å². The molecule has 24 heavy (non-hydrogen) atoms. The second-order valence-electron chi connectivity index (χ2n) is 5.99. The zero-order chi connectivity index (χ0) is 16.7. The molecular formula is C21H17NO2. The first-order chi connectivity index (χ1) is 11.7. The predicted molar refractivity (Wildman–Crippen MR) is 95.9 cm³/mol. The number of carboxylic acid groups (broad SMARTS) is 1. The normalized spacial score (nSPS) is 15.5. The summed E-state index contributed by atoms with van der Waals surface area (Å²) in [5.41, 5.74) is 5.60. The van der Waals surface area contributed by atoms with Crippen molar-refractivity contribution < 1.29 is 9.90 Å². The second kappa shape index (κ2) is 5.53. The number of para-hydroxylation sites is 1. The largest absolute Gasteiger partial charge is 0.481 e. The molecular weight excluding hydrogens is 298 g/mol. The topological polar surface area (TPSA) is 40.5 Å². The molecule has 1 atom stereocenters. The first kappa shape index (κ1) is 14.5. The minimum Gasteiger partial charge on any atom is -0.481 e. The van der Waals surface area contributed by atoms with E-state index in [1.54, 1.807) is 0 Å². The van der Waals surface area contributed by atoms with Gasteiger partial charge in [0.2, 0.25) is 0 Å². The van der Waals surface area contributed by atoms with Crippen molar-refractivity contribution in [3.05, 3.63) is 83.9 Å². The van der Waals surface area contributed by atoms with Gasteiger partial charge in [0.15, 0.2) is 0 Å². The lowest BCUT2D eigenvalue weighted by Crippen LogP contribution is -2.26. The molecule has 0 saturated heterocycles. The number of rotatable bonds is 2. The number of hydrogen-bond donors (Lipinski definition) is 1. The van der Waals surface area contributed by atoms with Gasteiger partial charge in [0.25, 0.3) is 0 Å². The van der Waals surface area contributed by atoms with Crippen LogP contribution in [0.3, 0.4) is 0 Å². The average Bonchev–Trinajstić information content (AvgIpc) is 2.62. The van der Waals surface area contributed by atoms with E-state index in [0.717, 1.165) is 33.6 Å². The van der Waals surface area contributed by atoms with E-state index in [9.17, 15) is 9.90 Å². The van der Waals surface area contributed by atoms with E-state index in [2.05, 4.69) is 4.90 Å². The number of carbonyl (C=O) groups is 1. The maximum atomic E-state index is 12.2. The SMILES string of the molecule is CN1c2ccccc2C(C(=O)O)c2c(-c3ccccc3)cccc21. The van der Waals surface area contributed by atoms with Gasteiger partial charge >= 0.3 is 5.97 Å². The molecule has 1 unspecified atom stereocenters. The molecule has 0 bridgehead atoms. The minimum absolute atomic E-state index is 0.663. The molecule has 118 valence electrons. The van der Waals surface area contributed by atoms with Gasteiger partial charge in [-0.25, -0.2) is 0 Å². The molecule has 3 nitrogen and oxygen atoms in total. The van der Waals surface area contributed by atoms with Crippen LogP contribution >= 0.6 is 0 Å². The molecule has 0 saturated carbocycles. The van der Waals surface area contributed by atoms with Crippen LogP contribution in [0.5, 0.6) is 0 Å². The molecule has 3 aromatic rings. The molecule has 3 aromatic carbocycles. The zero-order valence-corrected chi connectivity index (χ0v) is 13.3. The van der Waals surface area contributed by atoms with E-state index in [0.29, 0.717) is 0 Å². The van der Waals surface area contributed by atoms with Crippen molar-refractivity contribution in [1.82, 2.24) is 0 Å². The summed E-state index contributed by atoms with van der Waals surface area (Å²) in [6.07, 6.45) is 0. The Morgan fingerprint density at radius 3 is 2.29 bits per heavy atom. The summed E-state index contributed by atoms with van der Waals surface area (Å²) in [6.45, 7) is 0. The van der Waals surface area contributed by atoms with Crippen LogP contribution in [0, 0.1) is 0 Å². The van der Waals surface area contributed by atoms with Gasteiger partial charge in [-0.2, -0.15) is 0 Å². The number of anilines is 2. The summed E-state index contributed by atoms with van der Waals surface area (Å²) < 4.78 is 0. The summed E-state index contributed by atoms with van der Waals surface area (Å²) in [6, 6.07) is 23.7. The van der Waals surface area contributed by atoms with Crippen LogP contribution in [-0.2, 0) is 4.79 Å². The Bertz CT molecular complexity index is 918. The Hall–Kier alpha value is -3.07. The van der Waals surface area contributed by atoms with Gasteiger partial charge in [-0.05, 0) is 28.8 Å².